The van der Waals surface area contributed by atoms with E-state index in [1.165, 1.54) is 0 Å². The molecule has 0 fully saturated rings. The second-order valence-corrected chi connectivity index (χ2v) is 5.54. The highest BCUT2D eigenvalue weighted by molar-refractivity contribution is 5.95. The lowest BCUT2D eigenvalue weighted by Gasteiger charge is -2.15. The molecular formula is C17H19N5O. The molecule has 118 valence electrons. The Morgan fingerprint density at radius 2 is 2.00 bits per heavy atom. The smallest absolute Gasteiger partial charge is 0.255 e. The van der Waals surface area contributed by atoms with Gasteiger partial charge in [-0.1, -0.05) is 12.1 Å². The predicted octanol–water partition coefficient (Wildman–Crippen LogP) is 2.70. The number of amides is 1. The van der Waals surface area contributed by atoms with E-state index in [0.717, 1.165) is 22.8 Å². The Kier molecular flexibility index (Phi) is 3.97. The summed E-state index contributed by atoms with van der Waals surface area (Å²) in [5.41, 5.74) is 3.43. The Bertz CT molecular complexity index is 816. The summed E-state index contributed by atoms with van der Waals surface area (Å²) < 4.78 is 2.02. The zero-order valence-corrected chi connectivity index (χ0v) is 13.4. The number of nitrogens with zero attached hydrogens (tertiary/aromatic N) is 3. The number of nitrogens with one attached hydrogen (secondary N) is 2. The molecule has 0 radical (unpaired) electrons. The zero-order chi connectivity index (χ0) is 16.4. The van der Waals surface area contributed by atoms with Crippen molar-refractivity contribution in [2.75, 3.05) is 0 Å². The number of hydrogen-bond acceptors (Lipinski definition) is 3. The summed E-state index contributed by atoms with van der Waals surface area (Å²) in [6, 6.07) is 7.99. The van der Waals surface area contributed by atoms with E-state index in [1.54, 1.807) is 12.4 Å². The molecule has 0 spiro atoms. The van der Waals surface area contributed by atoms with Crippen molar-refractivity contribution >= 4 is 5.91 Å². The maximum atomic E-state index is 12.2. The number of benzene rings is 1. The molecule has 0 unspecified atom stereocenters. The van der Waals surface area contributed by atoms with Gasteiger partial charge in [0.15, 0.2) is 0 Å². The van der Waals surface area contributed by atoms with Crippen LogP contribution in [0.25, 0.3) is 5.69 Å². The van der Waals surface area contributed by atoms with E-state index in [0.29, 0.717) is 5.56 Å². The average Bonchev–Trinajstić information content (AvgIpc) is 3.15. The van der Waals surface area contributed by atoms with Gasteiger partial charge in [-0.2, -0.15) is 5.10 Å². The highest BCUT2D eigenvalue weighted by atomic mass is 16.1. The van der Waals surface area contributed by atoms with Crippen LogP contribution in [0.3, 0.4) is 0 Å². The summed E-state index contributed by atoms with van der Waals surface area (Å²) in [5, 5.41) is 9.63. The number of rotatable bonds is 4. The Balaban J connectivity index is 1.73. The number of aromatic amines is 1. The Hall–Kier alpha value is -2.89. The Morgan fingerprint density at radius 1 is 1.26 bits per heavy atom. The van der Waals surface area contributed by atoms with Crippen molar-refractivity contribution in [1.29, 1.82) is 0 Å². The van der Waals surface area contributed by atoms with Gasteiger partial charge in [0.05, 0.1) is 17.8 Å². The van der Waals surface area contributed by atoms with E-state index in [9.17, 15) is 4.79 Å². The molecule has 0 saturated carbocycles. The third-order valence-corrected chi connectivity index (χ3v) is 3.92. The minimum absolute atomic E-state index is 0.0882. The molecule has 2 heterocycles. The van der Waals surface area contributed by atoms with Crippen LogP contribution in [-0.4, -0.2) is 25.7 Å². The van der Waals surface area contributed by atoms with Gasteiger partial charge >= 0.3 is 0 Å². The van der Waals surface area contributed by atoms with Gasteiger partial charge in [0.25, 0.3) is 5.91 Å². The molecule has 0 aliphatic rings. The summed E-state index contributed by atoms with van der Waals surface area (Å²) in [7, 11) is 0. The molecule has 3 aromatic rings. The summed E-state index contributed by atoms with van der Waals surface area (Å²) in [4.78, 5) is 16.4. The second kappa shape index (κ2) is 6.08. The van der Waals surface area contributed by atoms with Crippen LogP contribution in [0.5, 0.6) is 0 Å². The number of hydrogen-bond donors (Lipinski definition) is 2. The van der Waals surface area contributed by atoms with Gasteiger partial charge in [-0.3, -0.25) is 9.89 Å². The molecule has 2 aromatic heterocycles. The minimum atomic E-state index is -0.127. The Labute approximate surface area is 134 Å². The molecule has 1 atom stereocenters. The number of carbonyl (C=O) groups is 1. The van der Waals surface area contributed by atoms with Gasteiger partial charge in [0, 0.05) is 23.8 Å². The van der Waals surface area contributed by atoms with Gasteiger partial charge < -0.3 is 9.88 Å². The molecule has 1 aromatic carbocycles. The van der Waals surface area contributed by atoms with E-state index in [4.69, 9.17) is 0 Å². The van der Waals surface area contributed by atoms with Crippen molar-refractivity contribution in [3.63, 3.8) is 0 Å². The fourth-order valence-electron chi connectivity index (χ4n) is 2.51. The molecule has 2 N–H and O–H groups in total. The molecule has 6 heteroatoms. The summed E-state index contributed by atoms with van der Waals surface area (Å²) in [5.74, 6) is 0.813. The first-order valence-electron chi connectivity index (χ1n) is 7.47. The van der Waals surface area contributed by atoms with Crippen LogP contribution in [0.4, 0.5) is 0 Å². The van der Waals surface area contributed by atoms with Crippen molar-refractivity contribution in [1.82, 2.24) is 25.1 Å². The van der Waals surface area contributed by atoms with Gasteiger partial charge in [-0.05, 0) is 38.5 Å². The molecule has 3 rings (SSSR count). The quantitative estimate of drug-likeness (QED) is 0.778. The number of carbonyl (C=O) groups excluding carboxylic acids is 1. The van der Waals surface area contributed by atoms with Crippen LogP contribution in [0.1, 0.15) is 40.4 Å². The van der Waals surface area contributed by atoms with Gasteiger partial charge in [-0.25, -0.2) is 4.98 Å². The summed E-state index contributed by atoms with van der Waals surface area (Å²) in [6.07, 6.45) is 5.25. The van der Waals surface area contributed by atoms with E-state index in [2.05, 4.69) is 20.5 Å². The highest BCUT2D eigenvalue weighted by Crippen LogP contribution is 2.17. The number of aryl methyl sites for hydroxylation is 2. The van der Waals surface area contributed by atoms with Crippen LogP contribution in [-0.2, 0) is 0 Å². The first kappa shape index (κ1) is 15.0. The maximum Gasteiger partial charge on any atom is 0.255 e. The maximum absolute atomic E-state index is 12.2. The van der Waals surface area contributed by atoms with Crippen LogP contribution < -0.4 is 5.32 Å². The fourth-order valence-corrected chi connectivity index (χ4v) is 2.51. The molecule has 6 nitrogen and oxygen atoms in total. The van der Waals surface area contributed by atoms with Crippen LogP contribution in [0.2, 0.25) is 0 Å². The Morgan fingerprint density at radius 3 is 2.57 bits per heavy atom. The normalized spacial score (nSPS) is 12.1. The fraction of sp³-hybridized carbons (Fsp3) is 0.235. The average molecular weight is 309 g/mol. The topological polar surface area (TPSA) is 75.6 Å². The molecule has 0 aliphatic carbocycles. The number of aromatic nitrogens is 4. The lowest BCUT2D eigenvalue weighted by Crippen LogP contribution is -2.26. The predicted molar refractivity (Wildman–Crippen MR) is 87.5 cm³/mol. The van der Waals surface area contributed by atoms with E-state index in [-0.39, 0.29) is 11.9 Å². The van der Waals surface area contributed by atoms with Crippen LogP contribution in [0, 0.1) is 13.8 Å². The molecule has 0 saturated heterocycles. The summed E-state index contributed by atoms with van der Waals surface area (Å²) >= 11 is 0. The second-order valence-electron chi connectivity index (χ2n) is 5.54. The van der Waals surface area contributed by atoms with Gasteiger partial charge in [0.2, 0.25) is 0 Å². The molecular weight excluding hydrogens is 290 g/mol. The SMILES string of the molecule is Cc1[nH]ncc1C(=O)N[C@H](C)c1ccc(-n2ccnc2C)cc1. The van der Waals surface area contributed by atoms with Gasteiger partial charge in [-0.15, -0.1) is 0 Å². The monoisotopic (exact) mass is 309 g/mol. The van der Waals surface area contributed by atoms with Crippen molar-refractivity contribution in [3.8, 4) is 5.69 Å². The highest BCUT2D eigenvalue weighted by Gasteiger charge is 2.14. The minimum Gasteiger partial charge on any atom is -0.345 e. The van der Waals surface area contributed by atoms with Crippen molar-refractivity contribution in [2.24, 2.45) is 0 Å². The third-order valence-electron chi connectivity index (χ3n) is 3.92. The van der Waals surface area contributed by atoms with Gasteiger partial charge in [0.1, 0.15) is 5.82 Å². The van der Waals surface area contributed by atoms with Crippen molar-refractivity contribution in [2.45, 2.75) is 26.8 Å². The van der Waals surface area contributed by atoms with E-state index >= 15 is 0 Å². The lowest BCUT2D eigenvalue weighted by atomic mass is 10.1. The first-order valence-corrected chi connectivity index (χ1v) is 7.47. The van der Waals surface area contributed by atoms with Crippen molar-refractivity contribution in [3.05, 3.63) is 65.5 Å². The van der Waals surface area contributed by atoms with E-state index in [1.807, 2.05) is 55.8 Å². The molecule has 23 heavy (non-hydrogen) atoms. The zero-order valence-electron chi connectivity index (χ0n) is 13.4. The van der Waals surface area contributed by atoms with Crippen LogP contribution >= 0.6 is 0 Å². The standard InChI is InChI=1S/C17H19N5O/c1-11(20-17(23)16-10-19-21-12(16)2)14-4-6-15(7-5-14)22-9-8-18-13(22)3/h4-11H,1-3H3,(H,19,21)(H,20,23)/t11-/m1/s1. The first-order chi connectivity index (χ1) is 11.1. The number of imidazole rings is 1. The number of H-pyrrole nitrogens is 1. The molecule has 0 aliphatic heterocycles. The molecule has 1 amide bonds. The van der Waals surface area contributed by atoms with E-state index < -0.39 is 0 Å². The lowest BCUT2D eigenvalue weighted by molar-refractivity contribution is 0.0939. The molecule has 0 bridgehead atoms. The van der Waals surface area contributed by atoms with Crippen LogP contribution in [0.15, 0.2) is 42.9 Å². The summed E-state index contributed by atoms with van der Waals surface area (Å²) in [6.45, 7) is 5.75. The largest absolute Gasteiger partial charge is 0.345 e. The van der Waals surface area contributed by atoms with Crippen molar-refractivity contribution < 1.29 is 4.79 Å². The third kappa shape index (κ3) is 3.01.